The largest absolute Gasteiger partial charge is 0.365 e. The highest BCUT2D eigenvalue weighted by Crippen LogP contribution is 2.30. The first kappa shape index (κ1) is 14.4. The van der Waals surface area contributed by atoms with Crippen LogP contribution < -0.4 is 5.32 Å². The van der Waals surface area contributed by atoms with E-state index in [0.717, 1.165) is 36.3 Å². The van der Waals surface area contributed by atoms with Crippen molar-refractivity contribution in [1.82, 2.24) is 15.1 Å². The number of thioether (sulfide) groups is 1. The normalized spacial score (nSPS) is 18.9. The topological polar surface area (TPSA) is 42.2 Å². The van der Waals surface area contributed by atoms with Crippen molar-refractivity contribution in [1.29, 1.82) is 0 Å². The Morgan fingerprint density at radius 1 is 1.47 bits per heavy atom. The van der Waals surface area contributed by atoms with Crippen LogP contribution in [-0.2, 0) is 13.5 Å². The number of hydrogen-bond acceptors (Lipinski definition) is 4. The van der Waals surface area contributed by atoms with Crippen LogP contribution in [0, 0.1) is 5.92 Å². The van der Waals surface area contributed by atoms with E-state index >= 15 is 0 Å². The van der Waals surface area contributed by atoms with E-state index in [4.69, 9.17) is 0 Å². The average Bonchev–Trinajstić information content (AvgIpc) is 3.01. The molecule has 0 aliphatic carbocycles. The summed E-state index contributed by atoms with van der Waals surface area (Å²) in [5.41, 5.74) is 1.13. The first-order valence-electron chi connectivity index (χ1n) is 7.16. The Kier molecular flexibility index (Phi) is 5.31. The van der Waals surface area contributed by atoms with E-state index in [2.05, 4.69) is 35.3 Å². The van der Waals surface area contributed by atoms with Gasteiger partial charge in [-0.05, 0) is 12.0 Å². The fourth-order valence-corrected chi connectivity index (χ4v) is 3.79. The summed E-state index contributed by atoms with van der Waals surface area (Å²) >= 11 is 1.92. The van der Waals surface area contributed by atoms with E-state index < -0.39 is 0 Å². The molecule has 2 rings (SSSR count). The Labute approximate surface area is 120 Å². The standard InChI is InChI=1S/C14H24N4S/c1-4-11(5-2)13-10-16-14(19-13)15-8-6-12-7-9-18(3)17-12/h7,9,11,13H,4-6,8,10H2,1-3H3,(H,15,16). The van der Waals surface area contributed by atoms with Gasteiger partial charge in [0.2, 0.25) is 0 Å². The minimum absolute atomic E-state index is 0.673. The smallest absolute Gasteiger partial charge is 0.156 e. The zero-order valence-corrected chi connectivity index (χ0v) is 12.9. The van der Waals surface area contributed by atoms with Gasteiger partial charge in [0.25, 0.3) is 0 Å². The van der Waals surface area contributed by atoms with Crippen LogP contribution in [0.3, 0.4) is 0 Å². The number of aliphatic imine (C=N–C) groups is 1. The first-order chi connectivity index (χ1) is 9.22. The number of aryl methyl sites for hydroxylation is 1. The van der Waals surface area contributed by atoms with Gasteiger partial charge in [-0.15, -0.1) is 0 Å². The maximum absolute atomic E-state index is 4.61. The molecule has 106 valence electrons. The molecule has 1 aromatic heterocycles. The molecule has 1 unspecified atom stereocenters. The minimum Gasteiger partial charge on any atom is -0.365 e. The van der Waals surface area contributed by atoms with Crippen molar-refractivity contribution < 1.29 is 0 Å². The lowest BCUT2D eigenvalue weighted by Crippen LogP contribution is -2.23. The molecule has 0 aromatic carbocycles. The van der Waals surface area contributed by atoms with Crippen molar-refractivity contribution >= 4 is 16.9 Å². The van der Waals surface area contributed by atoms with Gasteiger partial charge >= 0.3 is 0 Å². The number of nitrogens with one attached hydrogen (secondary N) is 1. The van der Waals surface area contributed by atoms with Crippen molar-refractivity contribution in [2.75, 3.05) is 13.1 Å². The minimum atomic E-state index is 0.673. The molecule has 1 aromatic rings. The van der Waals surface area contributed by atoms with Crippen molar-refractivity contribution in [3.8, 4) is 0 Å². The van der Waals surface area contributed by atoms with Gasteiger partial charge in [0, 0.05) is 31.5 Å². The lowest BCUT2D eigenvalue weighted by atomic mass is 9.99. The van der Waals surface area contributed by atoms with Crippen molar-refractivity contribution in [2.45, 2.75) is 38.4 Å². The third-order valence-electron chi connectivity index (χ3n) is 3.68. The maximum Gasteiger partial charge on any atom is 0.156 e. The second kappa shape index (κ2) is 6.98. The van der Waals surface area contributed by atoms with Crippen LogP contribution in [-0.4, -0.2) is 33.3 Å². The molecule has 1 aliphatic rings. The highest BCUT2D eigenvalue weighted by atomic mass is 32.2. The number of hydrogen-bond donors (Lipinski definition) is 1. The average molecular weight is 280 g/mol. The quantitative estimate of drug-likeness (QED) is 0.870. The molecule has 0 amide bonds. The monoisotopic (exact) mass is 280 g/mol. The second-order valence-electron chi connectivity index (χ2n) is 5.04. The highest BCUT2D eigenvalue weighted by Gasteiger charge is 2.25. The fourth-order valence-electron chi connectivity index (χ4n) is 2.44. The summed E-state index contributed by atoms with van der Waals surface area (Å²) in [6.07, 6.45) is 5.45. The van der Waals surface area contributed by atoms with Crippen molar-refractivity contribution in [3.05, 3.63) is 18.0 Å². The fraction of sp³-hybridized carbons (Fsp3) is 0.714. The van der Waals surface area contributed by atoms with Crippen molar-refractivity contribution in [2.24, 2.45) is 18.0 Å². The first-order valence-corrected chi connectivity index (χ1v) is 8.04. The van der Waals surface area contributed by atoms with Crippen molar-refractivity contribution in [3.63, 3.8) is 0 Å². The van der Waals surface area contributed by atoms with E-state index in [0.29, 0.717) is 5.25 Å². The zero-order chi connectivity index (χ0) is 13.7. The number of nitrogens with zero attached hydrogens (tertiary/aromatic N) is 3. The third-order valence-corrected chi connectivity index (χ3v) is 5.01. The Morgan fingerprint density at radius 2 is 2.26 bits per heavy atom. The summed E-state index contributed by atoms with van der Waals surface area (Å²) in [4.78, 5) is 4.61. The molecular weight excluding hydrogens is 256 g/mol. The summed E-state index contributed by atoms with van der Waals surface area (Å²) in [5, 5.41) is 9.60. The van der Waals surface area contributed by atoms with E-state index in [1.54, 1.807) is 0 Å². The molecule has 1 aliphatic heterocycles. The summed E-state index contributed by atoms with van der Waals surface area (Å²) in [5.74, 6) is 0.795. The van der Waals surface area contributed by atoms with E-state index in [-0.39, 0.29) is 0 Å². The summed E-state index contributed by atoms with van der Waals surface area (Å²) in [6.45, 7) is 6.45. The molecule has 0 spiro atoms. The highest BCUT2D eigenvalue weighted by molar-refractivity contribution is 8.14. The van der Waals surface area contributed by atoms with Crippen LogP contribution in [0.1, 0.15) is 32.4 Å². The van der Waals surface area contributed by atoms with Gasteiger partial charge in [-0.2, -0.15) is 5.10 Å². The van der Waals surface area contributed by atoms with Crippen LogP contribution in [0.4, 0.5) is 0 Å². The molecule has 0 fully saturated rings. The van der Waals surface area contributed by atoms with E-state index in [1.165, 1.54) is 12.8 Å². The van der Waals surface area contributed by atoms with E-state index in [1.807, 2.05) is 29.7 Å². The molecule has 0 saturated heterocycles. The Morgan fingerprint density at radius 3 is 2.89 bits per heavy atom. The molecule has 4 nitrogen and oxygen atoms in total. The molecule has 1 N–H and O–H groups in total. The second-order valence-corrected chi connectivity index (χ2v) is 6.26. The third kappa shape index (κ3) is 4.00. The molecule has 0 radical (unpaired) electrons. The van der Waals surface area contributed by atoms with Gasteiger partial charge in [-0.1, -0.05) is 38.5 Å². The predicted octanol–water partition coefficient (Wildman–Crippen LogP) is 2.46. The lowest BCUT2D eigenvalue weighted by molar-refractivity contribution is 0.479. The SMILES string of the molecule is CCC(CC)C1CN=C(NCCc2ccn(C)n2)S1. The number of amidine groups is 1. The molecule has 5 heteroatoms. The van der Waals surface area contributed by atoms with Crippen LogP contribution >= 0.6 is 11.8 Å². The van der Waals surface area contributed by atoms with Gasteiger partial charge in [-0.3, -0.25) is 9.67 Å². The molecule has 0 bridgehead atoms. The van der Waals surface area contributed by atoms with Gasteiger partial charge in [0.05, 0.1) is 12.2 Å². The Balaban J connectivity index is 1.70. The maximum atomic E-state index is 4.61. The molecular formula is C14H24N4S. The molecule has 2 heterocycles. The number of aromatic nitrogens is 2. The summed E-state index contributed by atoms with van der Waals surface area (Å²) in [7, 11) is 1.95. The van der Waals surface area contributed by atoms with Gasteiger partial charge in [-0.25, -0.2) is 0 Å². The van der Waals surface area contributed by atoms with Gasteiger partial charge < -0.3 is 5.32 Å². The molecule has 0 saturated carbocycles. The van der Waals surface area contributed by atoms with Gasteiger partial charge in [0.15, 0.2) is 5.17 Å². The predicted molar refractivity (Wildman–Crippen MR) is 82.7 cm³/mol. The van der Waals surface area contributed by atoms with Crippen LogP contribution in [0.25, 0.3) is 0 Å². The molecule has 19 heavy (non-hydrogen) atoms. The Hall–Kier alpha value is -0.970. The lowest BCUT2D eigenvalue weighted by Gasteiger charge is -2.18. The van der Waals surface area contributed by atoms with Crippen LogP contribution in [0.15, 0.2) is 17.3 Å². The zero-order valence-electron chi connectivity index (χ0n) is 12.1. The van der Waals surface area contributed by atoms with Gasteiger partial charge in [0.1, 0.15) is 0 Å². The molecule has 1 atom stereocenters. The number of rotatable bonds is 6. The van der Waals surface area contributed by atoms with Crippen LogP contribution in [0.2, 0.25) is 0 Å². The van der Waals surface area contributed by atoms with E-state index in [9.17, 15) is 0 Å². The summed E-state index contributed by atoms with van der Waals surface area (Å²) < 4.78 is 1.85. The Bertz CT molecular complexity index is 423. The van der Waals surface area contributed by atoms with Crippen LogP contribution in [0.5, 0.6) is 0 Å². The summed E-state index contributed by atoms with van der Waals surface area (Å²) in [6, 6.07) is 2.07.